The molecule has 0 aromatic rings. The van der Waals surface area contributed by atoms with Crippen LogP contribution in [0.1, 0.15) is 27.2 Å². The highest BCUT2D eigenvalue weighted by Gasteiger charge is 2.79. The van der Waals surface area contributed by atoms with Gasteiger partial charge in [-0.3, -0.25) is 4.90 Å². The number of rotatable bonds is 0. The molecule has 1 nitrogen and oxygen atoms in total. The molecule has 4 bridgehead atoms. The van der Waals surface area contributed by atoms with Crippen molar-refractivity contribution < 1.29 is 0 Å². The Morgan fingerprint density at radius 1 is 1.30 bits per heavy atom. The number of hydrogen-bond donors (Lipinski definition) is 0. The maximum Gasteiger partial charge on any atom is 0.0394 e. The minimum atomic E-state index is 0.623. The van der Waals surface area contributed by atoms with Crippen molar-refractivity contribution in [1.82, 2.24) is 4.90 Å². The first-order valence-corrected chi connectivity index (χ1v) is 4.35. The van der Waals surface area contributed by atoms with E-state index >= 15 is 0 Å². The molecule has 3 aliphatic heterocycles. The van der Waals surface area contributed by atoms with E-state index in [0.717, 1.165) is 12.0 Å². The average Bonchev–Trinajstić information content (AvgIpc) is 2.30. The third-order valence-corrected chi connectivity index (χ3v) is 4.80. The highest BCUT2D eigenvalue weighted by Crippen LogP contribution is 2.71. The van der Waals surface area contributed by atoms with Crippen LogP contribution in [0.25, 0.3) is 0 Å². The van der Waals surface area contributed by atoms with E-state index in [1.165, 1.54) is 13.0 Å². The molecular formula is C9H15N. The summed E-state index contributed by atoms with van der Waals surface area (Å²) in [5.41, 5.74) is 1.25. The molecule has 3 saturated heterocycles. The number of piperidine rings is 3. The van der Waals surface area contributed by atoms with E-state index in [4.69, 9.17) is 0 Å². The van der Waals surface area contributed by atoms with Crippen molar-refractivity contribution in [3.8, 4) is 0 Å². The second-order valence-corrected chi connectivity index (χ2v) is 4.97. The Balaban J connectivity index is 2.17. The predicted octanol–water partition coefficient (Wildman–Crippen LogP) is 1.49. The van der Waals surface area contributed by atoms with Gasteiger partial charge < -0.3 is 0 Å². The summed E-state index contributed by atoms with van der Waals surface area (Å²) in [7, 11) is 0. The molecule has 0 aromatic heterocycles. The second-order valence-electron chi connectivity index (χ2n) is 4.97. The molecule has 1 saturated carbocycles. The lowest BCUT2D eigenvalue weighted by molar-refractivity contribution is 0.248. The molecule has 0 spiro atoms. The molecule has 0 radical (unpaired) electrons. The Morgan fingerprint density at radius 3 is 2.10 bits per heavy atom. The zero-order valence-electron chi connectivity index (χ0n) is 7.02. The Bertz CT molecular complexity index is 192. The maximum absolute atomic E-state index is 2.69. The van der Waals surface area contributed by atoms with Gasteiger partial charge in [-0.2, -0.15) is 0 Å². The Hall–Kier alpha value is -0.0400. The fourth-order valence-electron chi connectivity index (χ4n) is 3.52. The molecule has 10 heavy (non-hydrogen) atoms. The molecule has 4 atom stereocenters. The summed E-state index contributed by atoms with van der Waals surface area (Å²) in [4.78, 5) is 2.69. The van der Waals surface area contributed by atoms with Crippen molar-refractivity contribution in [3.05, 3.63) is 0 Å². The summed E-state index contributed by atoms with van der Waals surface area (Å²) < 4.78 is 0. The lowest BCUT2D eigenvalue weighted by atomic mass is 9.77. The molecule has 1 aliphatic carbocycles. The molecule has 3 heterocycles. The van der Waals surface area contributed by atoms with Crippen molar-refractivity contribution in [2.24, 2.45) is 11.3 Å². The van der Waals surface area contributed by atoms with Gasteiger partial charge in [0.15, 0.2) is 0 Å². The van der Waals surface area contributed by atoms with Crippen molar-refractivity contribution in [2.75, 3.05) is 6.54 Å². The van der Waals surface area contributed by atoms with Crippen LogP contribution in [0.5, 0.6) is 0 Å². The summed E-state index contributed by atoms with van der Waals surface area (Å²) in [5, 5.41) is 0. The lowest BCUT2D eigenvalue weighted by Crippen LogP contribution is -2.28. The van der Waals surface area contributed by atoms with Crippen LogP contribution in [0.3, 0.4) is 0 Å². The molecule has 0 aromatic carbocycles. The van der Waals surface area contributed by atoms with Crippen LogP contribution in [0, 0.1) is 11.3 Å². The van der Waals surface area contributed by atoms with Crippen LogP contribution >= 0.6 is 0 Å². The van der Waals surface area contributed by atoms with Gasteiger partial charge in [-0.1, -0.05) is 13.8 Å². The highest BCUT2D eigenvalue weighted by atomic mass is 15.5. The first kappa shape index (κ1) is 5.59. The lowest BCUT2D eigenvalue weighted by Gasteiger charge is -2.26. The smallest absolute Gasteiger partial charge is 0.0394 e. The molecule has 0 N–H and O–H groups in total. The van der Waals surface area contributed by atoms with Gasteiger partial charge in [0.05, 0.1) is 0 Å². The number of hydrogen-bond acceptors (Lipinski definition) is 1. The first-order chi connectivity index (χ1) is 4.58. The van der Waals surface area contributed by atoms with E-state index in [0.29, 0.717) is 11.0 Å². The minimum Gasteiger partial charge on any atom is -0.291 e. The molecule has 2 unspecified atom stereocenters. The predicted molar refractivity (Wildman–Crippen MR) is 40.8 cm³/mol. The minimum absolute atomic E-state index is 0.623. The summed E-state index contributed by atoms with van der Waals surface area (Å²) in [5.74, 6) is 1.02. The van der Waals surface area contributed by atoms with E-state index in [2.05, 4.69) is 25.7 Å². The summed E-state index contributed by atoms with van der Waals surface area (Å²) in [6, 6.07) is 0.979. The van der Waals surface area contributed by atoms with Gasteiger partial charge in [0.1, 0.15) is 0 Å². The fourth-order valence-corrected chi connectivity index (χ4v) is 3.52. The first-order valence-electron chi connectivity index (χ1n) is 4.35. The van der Waals surface area contributed by atoms with E-state index in [9.17, 15) is 0 Å². The monoisotopic (exact) mass is 137 g/mol. The maximum atomic E-state index is 2.69. The average molecular weight is 137 g/mol. The van der Waals surface area contributed by atoms with Gasteiger partial charge >= 0.3 is 0 Å². The fraction of sp³-hybridized carbons (Fsp3) is 1.00. The van der Waals surface area contributed by atoms with Gasteiger partial charge in [0, 0.05) is 18.1 Å². The van der Waals surface area contributed by atoms with Crippen LogP contribution in [0.2, 0.25) is 0 Å². The Morgan fingerprint density at radius 2 is 2.00 bits per heavy atom. The van der Waals surface area contributed by atoms with Gasteiger partial charge in [-0.05, 0) is 24.7 Å². The zero-order valence-corrected chi connectivity index (χ0v) is 7.02. The van der Waals surface area contributed by atoms with Gasteiger partial charge in [0.25, 0.3) is 0 Å². The molecule has 4 fully saturated rings. The summed E-state index contributed by atoms with van der Waals surface area (Å²) >= 11 is 0. The van der Waals surface area contributed by atoms with Crippen molar-refractivity contribution in [3.63, 3.8) is 0 Å². The van der Waals surface area contributed by atoms with Crippen LogP contribution in [0.15, 0.2) is 0 Å². The number of nitrogens with zero attached hydrogens (tertiary/aromatic N) is 1. The van der Waals surface area contributed by atoms with Crippen LogP contribution in [-0.4, -0.2) is 23.0 Å². The van der Waals surface area contributed by atoms with Crippen LogP contribution < -0.4 is 0 Å². The van der Waals surface area contributed by atoms with E-state index < -0.39 is 0 Å². The molecule has 0 amide bonds. The molecular weight excluding hydrogens is 122 g/mol. The van der Waals surface area contributed by atoms with E-state index in [-0.39, 0.29) is 0 Å². The van der Waals surface area contributed by atoms with Crippen molar-refractivity contribution >= 4 is 0 Å². The quantitative estimate of drug-likeness (QED) is 0.457. The SMILES string of the molecule is CC1(C)[C@H]2CC3N(C2)[C@@]31C. The Kier molecular flexibility index (Phi) is 0.602. The van der Waals surface area contributed by atoms with Crippen molar-refractivity contribution in [1.29, 1.82) is 0 Å². The largest absolute Gasteiger partial charge is 0.291 e. The zero-order chi connectivity index (χ0) is 7.15. The normalized spacial score (nSPS) is 66.9. The molecule has 1 heteroatoms. The van der Waals surface area contributed by atoms with Crippen LogP contribution in [0.4, 0.5) is 0 Å². The molecule has 4 aliphatic rings. The summed E-state index contributed by atoms with van der Waals surface area (Å²) in [6.07, 6.45) is 1.49. The Labute approximate surface area is 62.4 Å². The van der Waals surface area contributed by atoms with Gasteiger partial charge in [-0.25, -0.2) is 0 Å². The highest BCUT2D eigenvalue weighted by molar-refractivity contribution is 5.33. The standard InChI is InChI=1S/C9H15N/c1-8(2)6-4-7-9(8,3)10(7)5-6/h6-7H,4-5H2,1-3H3/t6-,7?,9-,10?/m0/s1. The van der Waals surface area contributed by atoms with E-state index in [1.807, 2.05) is 0 Å². The summed E-state index contributed by atoms with van der Waals surface area (Å²) in [6.45, 7) is 8.74. The van der Waals surface area contributed by atoms with E-state index in [1.54, 1.807) is 0 Å². The third-order valence-electron chi connectivity index (χ3n) is 4.80. The topological polar surface area (TPSA) is 3.01 Å². The second kappa shape index (κ2) is 1.08. The molecule has 56 valence electrons. The third kappa shape index (κ3) is 0.282. The van der Waals surface area contributed by atoms with Crippen LogP contribution in [-0.2, 0) is 0 Å². The van der Waals surface area contributed by atoms with Gasteiger partial charge in [-0.15, -0.1) is 0 Å². The van der Waals surface area contributed by atoms with Crippen molar-refractivity contribution in [2.45, 2.75) is 38.8 Å². The van der Waals surface area contributed by atoms with Gasteiger partial charge in [0.2, 0.25) is 0 Å². The molecule has 4 rings (SSSR count).